The third kappa shape index (κ3) is 5.50. The summed E-state index contributed by atoms with van der Waals surface area (Å²) in [4.78, 5) is 12.5. The van der Waals surface area contributed by atoms with Crippen molar-refractivity contribution >= 4 is 39.3 Å². The fraction of sp³-hybridized carbons (Fsp3) is 0.0833. The number of H-pyrrole nitrogens is 1. The number of hydrazone groups is 1. The monoisotopic (exact) mass is 522 g/mol. The van der Waals surface area contributed by atoms with Crippen LogP contribution >= 0.6 is 27.7 Å². The number of hydrogen-bond acceptors (Lipinski definition) is 5. The van der Waals surface area contributed by atoms with E-state index in [-0.39, 0.29) is 17.4 Å². The molecule has 0 radical (unpaired) electrons. The van der Waals surface area contributed by atoms with E-state index in [1.165, 1.54) is 11.8 Å². The molecule has 3 aromatic carbocycles. The van der Waals surface area contributed by atoms with Gasteiger partial charge >= 0.3 is 5.16 Å². The molecule has 7 nitrogen and oxygen atoms in total. The lowest BCUT2D eigenvalue weighted by molar-refractivity contribution is -0.625. The first-order chi connectivity index (χ1) is 16.0. The second-order valence-corrected chi connectivity index (χ2v) is 8.93. The largest absolute Gasteiger partial charge is 0.507 e. The third-order valence-electron chi connectivity index (χ3n) is 4.78. The minimum Gasteiger partial charge on any atom is -0.507 e. The zero-order valence-corrected chi connectivity index (χ0v) is 20.1. The van der Waals surface area contributed by atoms with Crippen LogP contribution in [-0.4, -0.2) is 32.7 Å². The Balaban J connectivity index is 1.53. The Labute approximate surface area is 203 Å². The van der Waals surface area contributed by atoms with Crippen LogP contribution in [0.3, 0.4) is 0 Å². The van der Waals surface area contributed by atoms with Crippen molar-refractivity contribution < 1.29 is 14.5 Å². The number of phenolic OH excluding ortho intramolecular Hbond substituents is 1. The van der Waals surface area contributed by atoms with Crippen LogP contribution in [0.2, 0.25) is 0 Å². The van der Waals surface area contributed by atoms with Gasteiger partial charge in [-0.1, -0.05) is 46.3 Å². The molecular weight excluding hydrogens is 502 g/mol. The van der Waals surface area contributed by atoms with Crippen molar-refractivity contribution in [3.8, 4) is 22.8 Å². The van der Waals surface area contributed by atoms with Gasteiger partial charge in [0.2, 0.25) is 0 Å². The van der Waals surface area contributed by atoms with Gasteiger partial charge in [-0.2, -0.15) is 9.67 Å². The molecule has 9 heteroatoms. The molecule has 0 aliphatic carbocycles. The first-order valence-electron chi connectivity index (χ1n) is 10.1. The molecule has 0 aliphatic rings. The van der Waals surface area contributed by atoms with Crippen molar-refractivity contribution in [2.45, 2.75) is 12.1 Å². The van der Waals surface area contributed by atoms with Crippen LogP contribution < -0.4 is 9.99 Å². The number of carbonyl (C=O) groups excluding carboxylic acids is 1. The Morgan fingerprint density at radius 3 is 2.52 bits per heavy atom. The summed E-state index contributed by atoms with van der Waals surface area (Å²) in [7, 11) is 0. The second-order valence-electron chi connectivity index (χ2n) is 7.07. The number of aromatic nitrogens is 3. The van der Waals surface area contributed by atoms with Gasteiger partial charge in [-0.05, 0) is 67.2 Å². The number of rotatable bonds is 7. The third-order valence-corrected chi connectivity index (χ3v) is 6.25. The van der Waals surface area contributed by atoms with E-state index in [0.717, 1.165) is 21.5 Å². The van der Waals surface area contributed by atoms with E-state index in [2.05, 4.69) is 36.7 Å². The number of halogens is 1. The molecule has 1 amide bonds. The summed E-state index contributed by atoms with van der Waals surface area (Å²) in [6.07, 6.45) is 0. The topological polar surface area (TPSA) is 94.2 Å². The van der Waals surface area contributed by atoms with Crippen LogP contribution in [0.5, 0.6) is 5.75 Å². The van der Waals surface area contributed by atoms with Crippen molar-refractivity contribution in [2.75, 3.05) is 5.75 Å². The summed E-state index contributed by atoms with van der Waals surface area (Å²) in [5.41, 5.74) is 5.53. The van der Waals surface area contributed by atoms with Gasteiger partial charge in [-0.15, -0.1) is 5.10 Å². The molecule has 0 saturated carbocycles. The molecule has 0 fully saturated rings. The molecule has 0 aliphatic heterocycles. The second kappa shape index (κ2) is 10.5. The highest BCUT2D eigenvalue weighted by molar-refractivity contribution is 9.10. The molecule has 0 unspecified atom stereocenters. The quantitative estimate of drug-likeness (QED) is 0.144. The number of nitrogens with one attached hydrogen (secondary N) is 2. The van der Waals surface area contributed by atoms with Gasteiger partial charge in [-0.3, -0.25) is 4.79 Å². The lowest BCUT2D eigenvalue weighted by Crippen LogP contribution is -2.34. The first-order valence-corrected chi connectivity index (χ1v) is 11.9. The standard InChI is InChI=1S/C24H20BrN5O2S/c1-16(20-9-5-6-10-21(20)31)26-27-22(32)15-33-24-29-28-23(17-7-3-2-4-8-17)30(24)19-13-11-18(25)12-14-19/h2-14H,15H2,1H3,(H2,26,27,31,32)/p+1. The van der Waals surface area contributed by atoms with Gasteiger partial charge in [0.15, 0.2) is 0 Å². The summed E-state index contributed by atoms with van der Waals surface area (Å²) in [5.74, 6) is 0.770. The molecule has 1 heterocycles. The average molecular weight is 523 g/mol. The highest BCUT2D eigenvalue weighted by Crippen LogP contribution is 2.21. The minimum absolute atomic E-state index is 0.114. The molecule has 0 bridgehead atoms. The Morgan fingerprint density at radius 2 is 1.79 bits per heavy atom. The molecule has 3 N–H and O–H groups in total. The van der Waals surface area contributed by atoms with E-state index in [4.69, 9.17) is 0 Å². The van der Waals surface area contributed by atoms with Gasteiger partial charge in [0.05, 0.1) is 22.1 Å². The Hall–Kier alpha value is -3.43. The maximum absolute atomic E-state index is 12.5. The van der Waals surface area contributed by atoms with Gasteiger partial charge < -0.3 is 5.11 Å². The van der Waals surface area contributed by atoms with Gasteiger partial charge in [0.1, 0.15) is 11.4 Å². The normalized spacial score (nSPS) is 11.4. The van der Waals surface area contributed by atoms with Crippen LogP contribution in [0.4, 0.5) is 0 Å². The number of benzene rings is 3. The number of carbonyl (C=O) groups is 1. The summed E-state index contributed by atoms with van der Waals surface area (Å²) in [6, 6.07) is 24.6. The van der Waals surface area contributed by atoms with Crippen molar-refractivity contribution in [1.29, 1.82) is 0 Å². The highest BCUT2D eigenvalue weighted by atomic mass is 79.9. The average Bonchev–Trinajstić information content (AvgIpc) is 3.26. The molecule has 1 aromatic heterocycles. The van der Waals surface area contributed by atoms with Crippen LogP contribution in [0.15, 0.2) is 93.6 Å². The highest BCUT2D eigenvalue weighted by Gasteiger charge is 2.24. The van der Waals surface area contributed by atoms with Crippen molar-refractivity contribution in [3.63, 3.8) is 0 Å². The Morgan fingerprint density at radius 1 is 1.09 bits per heavy atom. The fourth-order valence-electron chi connectivity index (χ4n) is 3.16. The Bertz CT molecular complexity index is 1290. The summed E-state index contributed by atoms with van der Waals surface area (Å²) >= 11 is 4.77. The smallest absolute Gasteiger partial charge is 0.342 e. The van der Waals surface area contributed by atoms with E-state index in [9.17, 15) is 9.90 Å². The zero-order chi connectivity index (χ0) is 23.2. The number of para-hydroxylation sites is 1. The van der Waals surface area contributed by atoms with Crippen LogP contribution in [0, 0.1) is 0 Å². The maximum Gasteiger partial charge on any atom is 0.342 e. The van der Waals surface area contributed by atoms with Gasteiger partial charge in [-0.25, -0.2) is 5.43 Å². The van der Waals surface area contributed by atoms with E-state index in [1.54, 1.807) is 31.2 Å². The number of phenols is 1. The summed E-state index contributed by atoms with van der Waals surface area (Å²) < 4.78 is 2.96. The number of hydrogen-bond donors (Lipinski definition) is 3. The molecule has 0 spiro atoms. The van der Waals surface area contributed by atoms with Crippen LogP contribution in [0.1, 0.15) is 12.5 Å². The molecule has 4 rings (SSSR count). The van der Waals surface area contributed by atoms with E-state index < -0.39 is 0 Å². The summed E-state index contributed by atoms with van der Waals surface area (Å²) in [5, 5.41) is 22.3. The molecular formula is C24H21BrN5O2S+. The molecule has 0 saturated heterocycles. The number of nitrogens with zero attached hydrogens (tertiary/aromatic N) is 3. The maximum atomic E-state index is 12.5. The lowest BCUT2D eigenvalue weighted by Gasteiger charge is -2.05. The molecule has 4 aromatic rings. The zero-order valence-electron chi connectivity index (χ0n) is 17.7. The van der Waals surface area contributed by atoms with Crippen LogP contribution in [-0.2, 0) is 4.79 Å². The number of amides is 1. The summed E-state index contributed by atoms with van der Waals surface area (Å²) in [6.45, 7) is 1.73. The van der Waals surface area contributed by atoms with E-state index in [1.807, 2.05) is 59.2 Å². The van der Waals surface area contributed by atoms with E-state index in [0.29, 0.717) is 16.4 Å². The van der Waals surface area contributed by atoms with Gasteiger partial charge in [0.25, 0.3) is 11.7 Å². The molecule has 0 atom stereocenters. The molecule has 166 valence electrons. The predicted octanol–water partition coefficient (Wildman–Crippen LogP) is 4.45. The number of thioether (sulfide) groups is 1. The number of aromatic amines is 1. The van der Waals surface area contributed by atoms with Gasteiger partial charge in [0, 0.05) is 10.0 Å². The van der Waals surface area contributed by atoms with Crippen molar-refractivity contribution in [1.82, 2.24) is 15.6 Å². The van der Waals surface area contributed by atoms with Crippen LogP contribution in [0.25, 0.3) is 17.1 Å². The molecule has 33 heavy (non-hydrogen) atoms. The van der Waals surface area contributed by atoms with E-state index >= 15 is 0 Å². The number of aromatic hydroxyl groups is 1. The van der Waals surface area contributed by atoms with Crippen molar-refractivity contribution in [2.24, 2.45) is 5.10 Å². The Kier molecular flexibility index (Phi) is 7.21. The van der Waals surface area contributed by atoms with Crippen molar-refractivity contribution in [3.05, 3.63) is 88.9 Å². The SMILES string of the molecule is CC(=NNC(=O)CSc1n[nH]c(-c2ccccc2)[n+]1-c1ccc(Br)cc1)c1ccccc1O. The predicted molar refractivity (Wildman–Crippen MR) is 132 cm³/mol. The fourth-order valence-corrected chi connectivity index (χ4v) is 4.19. The minimum atomic E-state index is -0.276. The first kappa shape index (κ1) is 22.8. The lowest BCUT2D eigenvalue weighted by atomic mass is 10.1.